The summed E-state index contributed by atoms with van der Waals surface area (Å²) in [4.78, 5) is 13.2. The number of ketones is 1. The molecule has 2 rings (SSSR count). The number of rotatable bonds is 5. The van der Waals surface area contributed by atoms with Crippen molar-refractivity contribution in [3.8, 4) is 5.75 Å². The van der Waals surface area contributed by atoms with Crippen LogP contribution in [0.2, 0.25) is 0 Å². The highest BCUT2D eigenvalue weighted by Gasteiger charge is 2.07. The lowest BCUT2D eigenvalue weighted by atomic mass is 10.1. The predicted molar refractivity (Wildman–Crippen MR) is 79.2 cm³/mol. The van der Waals surface area contributed by atoms with E-state index in [-0.39, 0.29) is 5.78 Å². The molecule has 2 aromatic carbocycles. The van der Waals surface area contributed by atoms with Crippen LogP contribution in [-0.2, 0) is 0 Å². The molecule has 0 heterocycles. The van der Waals surface area contributed by atoms with Crippen LogP contribution in [0.4, 0.5) is 0 Å². The van der Waals surface area contributed by atoms with Crippen LogP contribution in [0, 0.1) is 6.92 Å². The lowest BCUT2D eigenvalue weighted by molar-refractivity contribution is 0.102. The van der Waals surface area contributed by atoms with Crippen LogP contribution in [0.15, 0.2) is 53.4 Å². The second-order valence-electron chi connectivity index (χ2n) is 4.26. The van der Waals surface area contributed by atoms with Gasteiger partial charge in [0.15, 0.2) is 5.78 Å². The van der Waals surface area contributed by atoms with E-state index in [9.17, 15) is 4.79 Å². The Bertz CT molecular complexity index is 561. The highest BCUT2D eigenvalue weighted by molar-refractivity contribution is 8.00. The maximum absolute atomic E-state index is 12.1. The van der Waals surface area contributed by atoms with Gasteiger partial charge in [-0.05, 0) is 31.2 Å². The number of ether oxygens (including phenoxy) is 1. The van der Waals surface area contributed by atoms with E-state index in [1.807, 2.05) is 30.3 Å². The van der Waals surface area contributed by atoms with Gasteiger partial charge < -0.3 is 4.74 Å². The van der Waals surface area contributed by atoms with Gasteiger partial charge in [-0.2, -0.15) is 0 Å². The van der Waals surface area contributed by atoms with Gasteiger partial charge in [0.2, 0.25) is 0 Å². The Morgan fingerprint density at radius 1 is 1.16 bits per heavy atom. The molecule has 2 aromatic rings. The zero-order valence-electron chi connectivity index (χ0n) is 11.1. The number of thioether (sulfide) groups is 1. The van der Waals surface area contributed by atoms with Crippen molar-refractivity contribution in [1.82, 2.24) is 0 Å². The SMILES string of the molecule is COc1cccc(C(=O)CSc2ccc(C)cc2)c1. The molecule has 0 radical (unpaired) electrons. The van der Waals surface area contributed by atoms with E-state index in [1.54, 1.807) is 24.9 Å². The van der Waals surface area contributed by atoms with Gasteiger partial charge in [-0.3, -0.25) is 4.79 Å². The van der Waals surface area contributed by atoms with Crippen LogP contribution in [0.3, 0.4) is 0 Å². The minimum Gasteiger partial charge on any atom is -0.497 e. The van der Waals surface area contributed by atoms with Crippen molar-refractivity contribution in [2.45, 2.75) is 11.8 Å². The summed E-state index contributed by atoms with van der Waals surface area (Å²) in [6.45, 7) is 2.05. The molecular formula is C16H16O2S. The standard InChI is InChI=1S/C16H16O2S/c1-12-6-8-15(9-7-12)19-11-16(17)13-4-3-5-14(10-13)18-2/h3-10H,11H2,1-2H3. The Kier molecular flexibility index (Phi) is 4.63. The molecule has 0 N–H and O–H groups in total. The monoisotopic (exact) mass is 272 g/mol. The Hall–Kier alpha value is -1.74. The number of aryl methyl sites for hydroxylation is 1. The number of methoxy groups -OCH3 is 1. The molecule has 0 unspecified atom stereocenters. The zero-order chi connectivity index (χ0) is 13.7. The molecule has 0 spiro atoms. The maximum Gasteiger partial charge on any atom is 0.173 e. The van der Waals surface area contributed by atoms with Crippen LogP contribution in [0.1, 0.15) is 15.9 Å². The van der Waals surface area contributed by atoms with E-state index in [1.165, 1.54) is 5.56 Å². The molecule has 0 aliphatic carbocycles. The zero-order valence-corrected chi connectivity index (χ0v) is 11.9. The fraction of sp³-hybridized carbons (Fsp3) is 0.188. The summed E-state index contributed by atoms with van der Waals surface area (Å²) in [6, 6.07) is 15.5. The van der Waals surface area contributed by atoms with Crippen LogP contribution in [0.5, 0.6) is 5.75 Å². The first kappa shape index (κ1) is 13.7. The molecule has 19 heavy (non-hydrogen) atoms. The predicted octanol–water partition coefficient (Wildman–Crippen LogP) is 3.98. The highest BCUT2D eigenvalue weighted by Crippen LogP contribution is 2.21. The lowest BCUT2D eigenvalue weighted by Gasteiger charge is -2.04. The third-order valence-electron chi connectivity index (χ3n) is 2.78. The molecule has 2 nitrogen and oxygen atoms in total. The molecule has 98 valence electrons. The smallest absolute Gasteiger partial charge is 0.173 e. The summed E-state index contributed by atoms with van der Waals surface area (Å²) in [5, 5.41) is 0. The van der Waals surface area contributed by atoms with Gasteiger partial charge in [-0.25, -0.2) is 0 Å². The fourth-order valence-corrected chi connectivity index (χ4v) is 2.46. The topological polar surface area (TPSA) is 26.3 Å². The first-order valence-corrected chi connectivity index (χ1v) is 7.04. The Labute approximate surface area is 117 Å². The third-order valence-corrected chi connectivity index (χ3v) is 3.79. The van der Waals surface area contributed by atoms with Gasteiger partial charge in [0.05, 0.1) is 12.9 Å². The molecular weight excluding hydrogens is 256 g/mol. The molecule has 0 saturated heterocycles. The number of hydrogen-bond donors (Lipinski definition) is 0. The van der Waals surface area contributed by atoms with Crippen LogP contribution < -0.4 is 4.74 Å². The summed E-state index contributed by atoms with van der Waals surface area (Å²) in [7, 11) is 1.60. The summed E-state index contributed by atoms with van der Waals surface area (Å²) in [6.07, 6.45) is 0. The molecule has 0 fully saturated rings. The summed E-state index contributed by atoms with van der Waals surface area (Å²) < 4.78 is 5.12. The van der Waals surface area contributed by atoms with Gasteiger partial charge in [0.25, 0.3) is 0 Å². The van der Waals surface area contributed by atoms with E-state index in [4.69, 9.17) is 4.74 Å². The first-order valence-electron chi connectivity index (χ1n) is 6.06. The van der Waals surface area contributed by atoms with E-state index < -0.39 is 0 Å². The number of Topliss-reactive ketones (excluding diaryl/α,β-unsaturated/α-hetero) is 1. The number of hydrogen-bond acceptors (Lipinski definition) is 3. The molecule has 0 aliphatic rings. The maximum atomic E-state index is 12.1. The average molecular weight is 272 g/mol. The van der Waals surface area contributed by atoms with Crippen molar-refractivity contribution in [2.75, 3.05) is 12.9 Å². The van der Waals surface area contributed by atoms with Gasteiger partial charge >= 0.3 is 0 Å². The third kappa shape index (κ3) is 3.86. The normalized spacial score (nSPS) is 10.2. The van der Waals surface area contributed by atoms with E-state index in [0.29, 0.717) is 17.1 Å². The van der Waals surface area contributed by atoms with Gasteiger partial charge in [0.1, 0.15) is 5.75 Å². The summed E-state index contributed by atoms with van der Waals surface area (Å²) in [5.41, 5.74) is 1.92. The van der Waals surface area contributed by atoms with Gasteiger partial charge in [0, 0.05) is 10.5 Å². The van der Waals surface area contributed by atoms with Crippen molar-refractivity contribution in [3.63, 3.8) is 0 Å². The van der Waals surface area contributed by atoms with E-state index >= 15 is 0 Å². The Balaban J connectivity index is 1.99. The van der Waals surface area contributed by atoms with Crippen molar-refractivity contribution < 1.29 is 9.53 Å². The lowest BCUT2D eigenvalue weighted by Crippen LogP contribution is -2.02. The second kappa shape index (κ2) is 6.43. The van der Waals surface area contributed by atoms with Gasteiger partial charge in [-0.1, -0.05) is 29.8 Å². The molecule has 0 aromatic heterocycles. The minimum absolute atomic E-state index is 0.115. The first-order chi connectivity index (χ1) is 9.19. The number of benzene rings is 2. The molecule has 0 atom stereocenters. The van der Waals surface area contributed by atoms with Crippen LogP contribution >= 0.6 is 11.8 Å². The average Bonchev–Trinajstić information content (AvgIpc) is 2.46. The van der Waals surface area contributed by atoms with Crippen molar-refractivity contribution in [3.05, 3.63) is 59.7 Å². The minimum atomic E-state index is 0.115. The van der Waals surface area contributed by atoms with Crippen molar-refractivity contribution in [1.29, 1.82) is 0 Å². The largest absolute Gasteiger partial charge is 0.497 e. The molecule has 0 bridgehead atoms. The molecule has 0 saturated carbocycles. The summed E-state index contributed by atoms with van der Waals surface area (Å²) in [5.74, 6) is 1.27. The Morgan fingerprint density at radius 2 is 1.89 bits per heavy atom. The molecule has 3 heteroatoms. The van der Waals surface area contributed by atoms with Crippen molar-refractivity contribution >= 4 is 17.5 Å². The van der Waals surface area contributed by atoms with E-state index in [2.05, 4.69) is 19.1 Å². The van der Waals surface area contributed by atoms with Crippen LogP contribution in [-0.4, -0.2) is 18.6 Å². The van der Waals surface area contributed by atoms with Crippen molar-refractivity contribution in [2.24, 2.45) is 0 Å². The highest BCUT2D eigenvalue weighted by atomic mass is 32.2. The Morgan fingerprint density at radius 3 is 2.58 bits per heavy atom. The van der Waals surface area contributed by atoms with E-state index in [0.717, 1.165) is 4.90 Å². The van der Waals surface area contributed by atoms with Gasteiger partial charge in [-0.15, -0.1) is 11.8 Å². The quantitative estimate of drug-likeness (QED) is 0.608. The number of carbonyl (C=O) groups is 1. The molecule has 0 aliphatic heterocycles. The second-order valence-corrected chi connectivity index (χ2v) is 5.31. The molecule has 0 amide bonds. The number of carbonyl (C=O) groups excluding carboxylic acids is 1. The van der Waals surface area contributed by atoms with Crippen LogP contribution in [0.25, 0.3) is 0 Å². The fourth-order valence-electron chi connectivity index (χ4n) is 1.66. The summed E-state index contributed by atoms with van der Waals surface area (Å²) >= 11 is 1.56.